The smallest absolute Gasteiger partial charge is 0.339 e. The molecule has 1 amide bonds. The minimum absolute atomic E-state index is 0.0433. The van der Waals surface area contributed by atoms with Crippen LogP contribution < -0.4 is 4.18 Å². The maximum Gasteiger partial charge on any atom is 0.339 e. The summed E-state index contributed by atoms with van der Waals surface area (Å²) in [4.78, 5) is 25.9. The maximum atomic E-state index is 13.3. The summed E-state index contributed by atoms with van der Waals surface area (Å²) < 4.78 is 61.2. The van der Waals surface area contributed by atoms with Crippen LogP contribution in [0.2, 0.25) is 0 Å². The normalized spacial score (nSPS) is 11.1. The lowest BCUT2D eigenvalue weighted by molar-refractivity contribution is -0.146. The van der Waals surface area contributed by atoms with Gasteiger partial charge in [0.05, 0.1) is 13.0 Å². The molecule has 0 fully saturated rings. The molecule has 3 aromatic carbocycles. The number of esters is 1. The lowest BCUT2D eigenvalue weighted by Crippen LogP contribution is -2.30. The third-order valence-corrected chi connectivity index (χ3v) is 6.35. The van der Waals surface area contributed by atoms with Gasteiger partial charge in [0.2, 0.25) is 5.91 Å². The third kappa shape index (κ3) is 7.88. The lowest BCUT2D eigenvalue weighted by Gasteiger charge is -2.23. The van der Waals surface area contributed by atoms with Gasteiger partial charge >= 0.3 is 16.1 Å². The quantitative estimate of drug-likeness (QED) is 0.273. The molecular weight excluding hydrogens is 492 g/mol. The molecule has 10 heteroatoms. The van der Waals surface area contributed by atoms with Crippen LogP contribution in [0.1, 0.15) is 30.9 Å². The van der Waals surface area contributed by atoms with Crippen molar-refractivity contribution in [3.05, 3.63) is 95.6 Å². The van der Waals surface area contributed by atoms with Crippen LogP contribution in [-0.4, -0.2) is 31.8 Å². The van der Waals surface area contributed by atoms with Crippen LogP contribution in [0.4, 0.5) is 8.78 Å². The first kappa shape index (κ1) is 26.8. The Labute approximate surface area is 208 Å². The Hall–Kier alpha value is -3.79. The molecule has 0 N–H and O–H groups in total. The molecule has 190 valence electrons. The highest BCUT2D eigenvalue weighted by Gasteiger charge is 2.19. The number of nitrogens with zero attached hydrogens (tertiary/aromatic N) is 1. The molecule has 0 atom stereocenters. The van der Waals surface area contributed by atoms with Crippen molar-refractivity contribution in [1.82, 2.24) is 4.90 Å². The number of amides is 1. The Bertz CT molecular complexity index is 1280. The molecule has 0 saturated carbocycles. The molecule has 0 aliphatic carbocycles. The van der Waals surface area contributed by atoms with E-state index in [9.17, 15) is 26.8 Å². The monoisotopic (exact) mass is 517 g/mol. The lowest BCUT2D eigenvalue weighted by atomic mass is 10.1. The van der Waals surface area contributed by atoms with E-state index in [1.165, 1.54) is 29.2 Å². The summed E-state index contributed by atoms with van der Waals surface area (Å²) in [6.45, 7) is 2.24. The van der Waals surface area contributed by atoms with Crippen molar-refractivity contribution in [1.29, 1.82) is 0 Å². The summed E-state index contributed by atoms with van der Waals surface area (Å²) in [5.41, 5.74) is 1.37. The van der Waals surface area contributed by atoms with Gasteiger partial charge in [-0.1, -0.05) is 24.3 Å². The van der Waals surface area contributed by atoms with Crippen LogP contribution in [-0.2, 0) is 37.5 Å². The summed E-state index contributed by atoms with van der Waals surface area (Å²) in [5.74, 6) is -1.70. The van der Waals surface area contributed by atoms with Crippen molar-refractivity contribution in [2.75, 3.05) is 6.61 Å². The molecule has 0 saturated heterocycles. The van der Waals surface area contributed by atoms with Gasteiger partial charge in [-0.3, -0.25) is 9.59 Å². The zero-order chi connectivity index (χ0) is 26.1. The second-order valence-corrected chi connectivity index (χ2v) is 9.36. The number of hydrogen-bond acceptors (Lipinski definition) is 6. The van der Waals surface area contributed by atoms with Crippen LogP contribution in [0.5, 0.6) is 5.75 Å². The number of halogens is 2. The van der Waals surface area contributed by atoms with E-state index >= 15 is 0 Å². The first-order valence-electron chi connectivity index (χ1n) is 11.1. The Balaban J connectivity index is 1.71. The topological polar surface area (TPSA) is 90.0 Å². The van der Waals surface area contributed by atoms with Crippen molar-refractivity contribution in [3.8, 4) is 5.75 Å². The highest BCUT2D eigenvalue weighted by molar-refractivity contribution is 7.87. The fourth-order valence-corrected chi connectivity index (χ4v) is 4.22. The average Bonchev–Trinajstić information content (AvgIpc) is 2.85. The van der Waals surface area contributed by atoms with Crippen LogP contribution >= 0.6 is 0 Å². The fraction of sp³-hybridized carbons (Fsp3) is 0.231. The van der Waals surface area contributed by atoms with Gasteiger partial charge in [-0.05, 0) is 66.6 Å². The number of hydrogen-bond donors (Lipinski definition) is 0. The van der Waals surface area contributed by atoms with Crippen LogP contribution in [0.15, 0.2) is 77.7 Å². The van der Waals surface area contributed by atoms with E-state index in [0.29, 0.717) is 11.1 Å². The van der Waals surface area contributed by atoms with E-state index in [1.807, 2.05) is 0 Å². The van der Waals surface area contributed by atoms with Gasteiger partial charge in [0.25, 0.3) is 0 Å². The van der Waals surface area contributed by atoms with Gasteiger partial charge in [-0.15, -0.1) is 0 Å². The first-order chi connectivity index (χ1) is 17.2. The Morgan fingerprint density at radius 3 is 1.81 bits per heavy atom. The summed E-state index contributed by atoms with van der Waals surface area (Å²) >= 11 is 0. The van der Waals surface area contributed by atoms with Gasteiger partial charge in [0.1, 0.15) is 22.3 Å². The second kappa shape index (κ2) is 12.3. The number of ether oxygens (including phenoxy) is 1. The van der Waals surface area contributed by atoms with Crippen molar-refractivity contribution in [2.45, 2.75) is 37.8 Å². The minimum atomic E-state index is -4.15. The molecule has 0 spiro atoms. The van der Waals surface area contributed by atoms with Crippen LogP contribution in [0.3, 0.4) is 0 Å². The molecule has 0 aliphatic heterocycles. The van der Waals surface area contributed by atoms with Crippen LogP contribution in [0, 0.1) is 11.6 Å². The Morgan fingerprint density at radius 2 is 1.28 bits per heavy atom. The highest BCUT2D eigenvalue weighted by Crippen LogP contribution is 2.21. The van der Waals surface area contributed by atoms with E-state index in [0.717, 1.165) is 24.3 Å². The molecule has 3 aromatic rings. The molecule has 0 heterocycles. The molecule has 0 radical (unpaired) electrons. The zero-order valence-corrected chi connectivity index (χ0v) is 20.3. The van der Waals surface area contributed by atoms with E-state index in [1.54, 1.807) is 31.2 Å². The average molecular weight is 518 g/mol. The maximum absolute atomic E-state index is 13.3. The first-order valence-corrected chi connectivity index (χ1v) is 12.5. The minimum Gasteiger partial charge on any atom is -0.466 e. The highest BCUT2D eigenvalue weighted by atomic mass is 32.2. The van der Waals surface area contributed by atoms with Gasteiger partial charge in [-0.25, -0.2) is 8.78 Å². The standard InChI is InChI=1S/C26H25F2NO6S/c1-2-34-26(31)16-15-25(30)29(17-19-3-7-21(27)8-4-19)18-20-5-11-23(12-6-20)35-36(32,33)24-13-9-22(28)10-14-24/h3-14H,2,15-18H2,1H3. The van der Waals surface area contributed by atoms with Crippen molar-refractivity contribution in [3.63, 3.8) is 0 Å². The van der Waals surface area contributed by atoms with Gasteiger partial charge < -0.3 is 13.8 Å². The van der Waals surface area contributed by atoms with Crippen molar-refractivity contribution >= 4 is 22.0 Å². The molecular formula is C26H25F2NO6S. The molecule has 0 bridgehead atoms. The number of carbonyl (C=O) groups excluding carboxylic acids is 2. The molecule has 36 heavy (non-hydrogen) atoms. The van der Waals surface area contributed by atoms with E-state index in [2.05, 4.69) is 0 Å². The molecule has 0 unspecified atom stereocenters. The molecule has 0 aliphatic rings. The number of benzene rings is 3. The van der Waals surface area contributed by atoms with Crippen molar-refractivity contribution < 1.29 is 35.7 Å². The van der Waals surface area contributed by atoms with Gasteiger partial charge in [-0.2, -0.15) is 8.42 Å². The van der Waals surface area contributed by atoms with E-state index in [-0.39, 0.29) is 49.1 Å². The largest absolute Gasteiger partial charge is 0.466 e. The number of rotatable bonds is 11. The summed E-state index contributed by atoms with van der Waals surface area (Å²) in [5, 5.41) is 0. The third-order valence-electron chi connectivity index (χ3n) is 5.09. The van der Waals surface area contributed by atoms with Crippen LogP contribution in [0.25, 0.3) is 0 Å². The number of carbonyl (C=O) groups is 2. The van der Waals surface area contributed by atoms with Gasteiger partial charge in [0.15, 0.2) is 0 Å². The fourth-order valence-electron chi connectivity index (χ4n) is 3.29. The SMILES string of the molecule is CCOC(=O)CCC(=O)N(Cc1ccc(F)cc1)Cc1ccc(OS(=O)(=O)c2ccc(F)cc2)cc1. The van der Waals surface area contributed by atoms with Gasteiger partial charge in [0, 0.05) is 19.5 Å². The summed E-state index contributed by atoms with van der Waals surface area (Å²) in [7, 11) is -4.15. The summed E-state index contributed by atoms with van der Waals surface area (Å²) in [6.07, 6.45) is -0.127. The zero-order valence-electron chi connectivity index (χ0n) is 19.5. The molecule has 7 nitrogen and oxygen atoms in total. The van der Waals surface area contributed by atoms with E-state index < -0.39 is 27.7 Å². The predicted molar refractivity (Wildman–Crippen MR) is 127 cm³/mol. The Kier molecular flexibility index (Phi) is 9.13. The Morgan fingerprint density at radius 1 is 0.778 bits per heavy atom. The van der Waals surface area contributed by atoms with E-state index in [4.69, 9.17) is 8.92 Å². The summed E-state index contributed by atoms with van der Waals surface area (Å²) in [6, 6.07) is 16.1. The second-order valence-electron chi connectivity index (χ2n) is 7.82. The molecule has 0 aromatic heterocycles. The van der Waals surface area contributed by atoms with Crippen molar-refractivity contribution in [2.24, 2.45) is 0 Å². The predicted octanol–water partition coefficient (Wildman–Crippen LogP) is 4.60. The molecule has 3 rings (SSSR count).